The lowest BCUT2D eigenvalue weighted by Crippen LogP contribution is -2.15. The zero-order valence-corrected chi connectivity index (χ0v) is 38.9. The standard InChI is InChI=1S/C64H44N8/c1-2-10-54-53(9-1)61-55-11-3-4-12-56(55)62(54)70-50-35-27-46(28-36-50)66-42-21-23-44(24-22-42)68-48-31-39-52(40-32-48)72-64-59-15-7-5-13-57(59)63(58-14-6-8-16-60(58)64)71-51-37-29-47(30-38-51)67-43-19-17-41(18-20-43)65-45-25-33-49(69-61)34-26-45/h1-40,65-68H. The van der Waals surface area contributed by atoms with Gasteiger partial charge in [0.2, 0.25) is 0 Å². The first-order valence-corrected chi connectivity index (χ1v) is 24.0. The zero-order valence-electron chi connectivity index (χ0n) is 38.9. The van der Waals surface area contributed by atoms with Gasteiger partial charge in [0.25, 0.3) is 0 Å². The molecule has 0 radical (unpaired) electrons. The molecule has 0 fully saturated rings. The fourth-order valence-electron chi connectivity index (χ4n) is 9.58. The molecular weight excluding hydrogens is 881 g/mol. The lowest BCUT2D eigenvalue weighted by molar-refractivity contribution is 1.36. The highest BCUT2D eigenvalue weighted by molar-refractivity contribution is 5.99. The molecular formula is C64H44N8. The monoisotopic (exact) mass is 924 g/mol. The molecule has 4 N–H and O–H groups in total. The number of hydrogen-bond acceptors (Lipinski definition) is 8. The van der Waals surface area contributed by atoms with E-state index in [0.29, 0.717) is 0 Å². The SMILES string of the molecule is c1ccc2c3c4ccccc4c(c2c1)=Nc1ccc(cc1)Nc1ccc(cc1)Nc1ccc(cc1)N=c1c2ccccc2c(c2ccccc12)=Nc1ccc(cc1)Nc1ccc(cc1)Nc1ccc(cc1)N=3. The van der Waals surface area contributed by atoms with Crippen LogP contribution in [0.4, 0.5) is 68.2 Å². The number of anilines is 8. The van der Waals surface area contributed by atoms with Crippen molar-refractivity contribution in [1.29, 1.82) is 0 Å². The van der Waals surface area contributed by atoms with Gasteiger partial charge in [-0.1, -0.05) is 97.1 Å². The third-order valence-electron chi connectivity index (χ3n) is 13.1. The Morgan fingerprint density at radius 1 is 0.167 bits per heavy atom. The Hall–Kier alpha value is -9.92. The van der Waals surface area contributed by atoms with Gasteiger partial charge in [0.1, 0.15) is 0 Å². The van der Waals surface area contributed by atoms with Gasteiger partial charge >= 0.3 is 0 Å². The van der Waals surface area contributed by atoms with Crippen LogP contribution in [0.25, 0.3) is 43.1 Å². The Kier molecular flexibility index (Phi) is 10.7. The van der Waals surface area contributed by atoms with E-state index in [2.05, 4.69) is 264 Å². The molecule has 12 aromatic carbocycles. The first-order chi connectivity index (χ1) is 35.6. The third kappa shape index (κ3) is 8.39. The highest BCUT2D eigenvalue weighted by atomic mass is 14.9. The van der Waals surface area contributed by atoms with Crippen molar-refractivity contribution in [1.82, 2.24) is 0 Å². The average Bonchev–Trinajstić information content (AvgIpc) is 3.43. The summed E-state index contributed by atoms with van der Waals surface area (Å²) in [6.07, 6.45) is 0. The molecule has 0 saturated heterocycles. The number of nitrogens with one attached hydrogen (secondary N) is 4. The van der Waals surface area contributed by atoms with Crippen LogP contribution in [0, 0.1) is 0 Å². The summed E-state index contributed by atoms with van der Waals surface area (Å²) in [6.45, 7) is 0. The first kappa shape index (κ1) is 42.2. The summed E-state index contributed by atoms with van der Waals surface area (Å²) in [6, 6.07) is 83.3. The molecule has 0 aliphatic carbocycles. The summed E-state index contributed by atoms with van der Waals surface area (Å²) < 4.78 is 0. The molecule has 8 heteroatoms. The molecule has 340 valence electrons. The maximum Gasteiger partial charge on any atom is 0.0795 e. The molecule has 12 aromatic rings. The Morgan fingerprint density at radius 2 is 0.306 bits per heavy atom. The van der Waals surface area contributed by atoms with Gasteiger partial charge in [0.05, 0.1) is 44.2 Å². The second-order valence-corrected chi connectivity index (χ2v) is 17.9. The van der Waals surface area contributed by atoms with E-state index in [1.807, 2.05) is 0 Å². The number of rotatable bonds is 0. The van der Waals surface area contributed by atoms with Crippen LogP contribution in [-0.2, 0) is 0 Å². The van der Waals surface area contributed by atoms with Gasteiger partial charge in [0.15, 0.2) is 0 Å². The fourth-order valence-corrected chi connectivity index (χ4v) is 9.58. The summed E-state index contributed by atoms with van der Waals surface area (Å²) in [7, 11) is 0. The second-order valence-electron chi connectivity index (χ2n) is 17.9. The zero-order chi connectivity index (χ0) is 47.8. The van der Waals surface area contributed by atoms with Gasteiger partial charge < -0.3 is 21.3 Å². The predicted molar refractivity (Wildman–Crippen MR) is 298 cm³/mol. The molecule has 0 atom stereocenters. The van der Waals surface area contributed by atoms with Gasteiger partial charge in [-0.15, -0.1) is 0 Å². The minimum absolute atomic E-state index is 0.864. The average molecular weight is 925 g/mol. The van der Waals surface area contributed by atoms with Gasteiger partial charge in [-0.3, -0.25) is 0 Å². The highest BCUT2D eigenvalue weighted by Crippen LogP contribution is 2.29. The molecule has 8 nitrogen and oxygen atoms in total. The van der Waals surface area contributed by atoms with Crippen LogP contribution in [0.5, 0.6) is 0 Å². The van der Waals surface area contributed by atoms with Crippen molar-refractivity contribution in [3.63, 3.8) is 0 Å². The number of benzene rings is 12. The van der Waals surface area contributed by atoms with Gasteiger partial charge in [-0.05, 0) is 146 Å². The van der Waals surface area contributed by atoms with E-state index in [-0.39, 0.29) is 0 Å². The molecule has 20 aliphatic rings. The predicted octanol–water partition coefficient (Wildman–Crippen LogP) is 15.4. The van der Waals surface area contributed by atoms with Crippen LogP contribution in [-0.4, -0.2) is 0 Å². The van der Waals surface area contributed by atoms with Crippen molar-refractivity contribution in [2.45, 2.75) is 0 Å². The number of hydrogen-bond donors (Lipinski definition) is 4. The van der Waals surface area contributed by atoms with Crippen molar-refractivity contribution in [2.24, 2.45) is 20.0 Å². The molecule has 0 spiro atoms. The molecule has 72 heavy (non-hydrogen) atoms. The molecule has 20 aliphatic heterocycles. The number of nitrogens with zero attached hydrogens (tertiary/aromatic N) is 4. The van der Waals surface area contributed by atoms with Crippen LogP contribution in [0.15, 0.2) is 263 Å². The van der Waals surface area contributed by atoms with E-state index in [1.54, 1.807) is 0 Å². The molecule has 0 saturated carbocycles. The Bertz CT molecular complexity index is 3590. The van der Waals surface area contributed by atoms with Crippen molar-refractivity contribution in [3.05, 3.63) is 264 Å². The quantitative estimate of drug-likeness (QED) is 0.114. The van der Waals surface area contributed by atoms with Crippen molar-refractivity contribution in [2.75, 3.05) is 21.3 Å². The van der Waals surface area contributed by atoms with Gasteiger partial charge in [-0.25, -0.2) is 20.0 Å². The Balaban J connectivity index is 0.883. The van der Waals surface area contributed by atoms with Crippen LogP contribution in [0.2, 0.25) is 0 Å². The van der Waals surface area contributed by atoms with Crippen molar-refractivity contribution in [3.8, 4) is 0 Å². The van der Waals surface area contributed by atoms with Gasteiger partial charge in [-0.2, -0.15) is 0 Å². The fraction of sp³-hybridized carbons (Fsp3) is 0. The van der Waals surface area contributed by atoms with E-state index in [1.165, 1.54) is 0 Å². The normalized spacial score (nSPS) is 12.2. The maximum atomic E-state index is 5.28. The summed E-state index contributed by atoms with van der Waals surface area (Å²) in [5, 5.41) is 26.3. The molecule has 0 aromatic heterocycles. The smallest absolute Gasteiger partial charge is 0.0795 e. The summed E-state index contributed by atoms with van der Waals surface area (Å²) >= 11 is 0. The second kappa shape index (κ2) is 18.2. The Labute approximate surface area is 414 Å². The van der Waals surface area contributed by atoms with E-state index >= 15 is 0 Å². The third-order valence-corrected chi connectivity index (χ3v) is 13.1. The lowest BCUT2D eigenvalue weighted by atomic mass is 10.0. The van der Waals surface area contributed by atoms with Crippen molar-refractivity contribution >= 4 is 111 Å². The van der Waals surface area contributed by atoms with Crippen molar-refractivity contribution < 1.29 is 0 Å². The maximum absolute atomic E-state index is 5.28. The summed E-state index contributed by atoms with van der Waals surface area (Å²) in [5.74, 6) is 0. The van der Waals surface area contributed by atoms with Crippen LogP contribution >= 0.6 is 0 Å². The highest BCUT2D eigenvalue weighted by Gasteiger charge is 2.11. The minimum atomic E-state index is 0.864. The first-order valence-electron chi connectivity index (χ1n) is 24.0. The van der Waals surface area contributed by atoms with E-state index in [0.717, 1.165) is 133 Å². The van der Waals surface area contributed by atoms with Gasteiger partial charge in [0, 0.05) is 88.6 Å². The largest absolute Gasteiger partial charge is 0.356 e. The molecule has 0 unspecified atom stereocenters. The molecule has 0 amide bonds. The number of fused-ring (bicyclic) bond motifs is 1. The van der Waals surface area contributed by atoms with Crippen LogP contribution in [0.3, 0.4) is 0 Å². The molecule has 32 rings (SSSR count). The molecule has 20 heterocycles. The van der Waals surface area contributed by atoms with E-state index < -0.39 is 0 Å². The summed E-state index contributed by atoms with van der Waals surface area (Å²) in [5.41, 5.74) is 11.3. The Morgan fingerprint density at radius 3 is 0.458 bits per heavy atom. The molecule has 16 bridgehead atoms. The van der Waals surface area contributed by atoms with E-state index in [9.17, 15) is 0 Å². The van der Waals surface area contributed by atoms with Crippen LogP contribution < -0.4 is 42.7 Å². The van der Waals surface area contributed by atoms with E-state index in [4.69, 9.17) is 20.0 Å². The lowest BCUT2D eigenvalue weighted by Gasteiger charge is -2.11. The topological polar surface area (TPSA) is 97.6 Å². The minimum Gasteiger partial charge on any atom is -0.356 e. The van der Waals surface area contributed by atoms with Crippen LogP contribution in [0.1, 0.15) is 0 Å². The summed E-state index contributed by atoms with van der Waals surface area (Å²) in [4.78, 5) is 21.1.